The second kappa shape index (κ2) is 4.73. The smallest absolute Gasteiger partial charge is 0.184 e. The summed E-state index contributed by atoms with van der Waals surface area (Å²) in [5, 5.41) is 8.72. The van der Waals surface area contributed by atoms with Crippen molar-refractivity contribution in [3.05, 3.63) is 48.3 Å². The van der Waals surface area contributed by atoms with E-state index < -0.39 is 9.84 Å². The van der Waals surface area contributed by atoms with Gasteiger partial charge >= 0.3 is 0 Å². The van der Waals surface area contributed by atoms with Gasteiger partial charge in [-0.15, -0.1) is 0 Å². The third kappa shape index (κ3) is 2.19. The van der Waals surface area contributed by atoms with E-state index in [1.54, 1.807) is 12.3 Å². The quantitative estimate of drug-likeness (QED) is 0.868. The van der Waals surface area contributed by atoms with Crippen LogP contribution in [0, 0.1) is 11.3 Å². The van der Waals surface area contributed by atoms with Gasteiger partial charge in [0.25, 0.3) is 0 Å². The highest BCUT2D eigenvalue weighted by Crippen LogP contribution is 2.35. The topological polar surface area (TPSA) is 70.8 Å². The van der Waals surface area contributed by atoms with Crippen LogP contribution in [0.25, 0.3) is 11.1 Å². The number of hydrogen-bond donors (Lipinski definition) is 0. The Labute approximate surface area is 117 Å². The molecule has 0 aliphatic heterocycles. The molecule has 0 atom stereocenters. The Bertz CT molecular complexity index is 788. The first kappa shape index (κ1) is 12.8. The van der Waals surface area contributed by atoms with E-state index in [-0.39, 0.29) is 15.8 Å². The lowest BCUT2D eigenvalue weighted by Crippen LogP contribution is -2.10. The zero-order valence-electron chi connectivity index (χ0n) is 10.7. The van der Waals surface area contributed by atoms with Crippen LogP contribution in [-0.2, 0) is 9.84 Å². The minimum absolute atomic E-state index is 0.0171. The van der Waals surface area contributed by atoms with Gasteiger partial charge in [0.05, 0.1) is 5.25 Å². The molecule has 5 heteroatoms. The molecular formula is C15H12N2O2S. The third-order valence-electron chi connectivity index (χ3n) is 3.34. The number of pyridine rings is 1. The SMILES string of the molecule is N#Cc1ncc(-c2ccccc2)cc1S(=O)(=O)C1CC1. The average Bonchev–Trinajstić information content (AvgIpc) is 3.32. The fourth-order valence-corrected chi connectivity index (χ4v) is 3.87. The van der Waals surface area contributed by atoms with Gasteiger partial charge in [0.1, 0.15) is 11.0 Å². The summed E-state index contributed by atoms with van der Waals surface area (Å²) < 4.78 is 24.7. The third-order valence-corrected chi connectivity index (χ3v) is 5.61. The van der Waals surface area contributed by atoms with Crippen molar-refractivity contribution in [3.63, 3.8) is 0 Å². The van der Waals surface area contributed by atoms with Crippen LogP contribution >= 0.6 is 0 Å². The fourth-order valence-electron chi connectivity index (χ4n) is 2.09. The Morgan fingerprint density at radius 2 is 1.85 bits per heavy atom. The van der Waals surface area contributed by atoms with Crippen molar-refractivity contribution in [3.8, 4) is 17.2 Å². The summed E-state index contributed by atoms with van der Waals surface area (Å²) in [5.74, 6) is 0. The molecule has 0 spiro atoms. The van der Waals surface area contributed by atoms with Crippen LogP contribution in [0.3, 0.4) is 0 Å². The molecule has 1 aromatic carbocycles. The summed E-state index contributed by atoms with van der Waals surface area (Å²) in [5.41, 5.74) is 1.58. The molecule has 0 saturated heterocycles. The maximum atomic E-state index is 12.4. The van der Waals surface area contributed by atoms with Gasteiger partial charge in [0.2, 0.25) is 0 Å². The van der Waals surface area contributed by atoms with Crippen molar-refractivity contribution in [2.75, 3.05) is 0 Å². The molecule has 20 heavy (non-hydrogen) atoms. The molecule has 1 saturated carbocycles. The summed E-state index contributed by atoms with van der Waals surface area (Å²) in [4.78, 5) is 4.07. The largest absolute Gasteiger partial charge is 0.244 e. The predicted molar refractivity (Wildman–Crippen MR) is 74.6 cm³/mol. The van der Waals surface area contributed by atoms with E-state index in [4.69, 9.17) is 5.26 Å². The number of hydrogen-bond acceptors (Lipinski definition) is 4. The molecule has 2 aromatic rings. The summed E-state index contributed by atoms with van der Waals surface area (Å²) >= 11 is 0. The van der Waals surface area contributed by atoms with E-state index in [2.05, 4.69) is 4.98 Å². The first-order valence-corrected chi connectivity index (χ1v) is 7.87. The van der Waals surface area contributed by atoms with Crippen LogP contribution in [0.15, 0.2) is 47.5 Å². The van der Waals surface area contributed by atoms with E-state index >= 15 is 0 Å². The Balaban J connectivity index is 2.16. The Kier molecular flexibility index (Phi) is 3.03. The van der Waals surface area contributed by atoms with Gasteiger partial charge in [-0.2, -0.15) is 5.26 Å². The van der Waals surface area contributed by atoms with E-state index in [0.717, 1.165) is 5.56 Å². The van der Waals surface area contributed by atoms with Crippen molar-refractivity contribution >= 4 is 9.84 Å². The Morgan fingerprint density at radius 3 is 2.45 bits per heavy atom. The predicted octanol–water partition coefficient (Wildman–Crippen LogP) is 2.56. The molecule has 0 bridgehead atoms. The number of aromatic nitrogens is 1. The number of sulfone groups is 1. The zero-order chi connectivity index (χ0) is 14.2. The van der Waals surface area contributed by atoms with Crippen LogP contribution < -0.4 is 0 Å². The van der Waals surface area contributed by atoms with Gasteiger partial charge in [-0.3, -0.25) is 0 Å². The van der Waals surface area contributed by atoms with Crippen molar-refractivity contribution in [2.24, 2.45) is 0 Å². The lowest BCUT2D eigenvalue weighted by molar-refractivity contribution is 0.594. The van der Waals surface area contributed by atoms with E-state index in [1.165, 1.54) is 0 Å². The molecule has 4 nitrogen and oxygen atoms in total. The Morgan fingerprint density at radius 1 is 1.15 bits per heavy atom. The van der Waals surface area contributed by atoms with Crippen LogP contribution in [-0.4, -0.2) is 18.7 Å². The maximum Gasteiger partial charge on any atom is 0.184 e. The van der Waals surface area contributed by atoms with Crippen LogP contribution in [0.1, 0.15) is 18.5 Å². The maximum absolute atomic E-state index is 12.4. The molecule has 1 aromatic heterocycles. The summed E-state index contributed by atoms with van der Waals surface area (Å²) in [6.07, 6.45) is 2.88. The molecular weight excluding hydrogens is 272 g/mol. The highest BCUT2D eigenvalue weighted by Gasteiger charge is 2.38. The van der Waals surface area contributed by atoms with Crippen molar-refractivity contribution in [1.82, 2.24) is 4.98 Å². The monoisotopic (exact) mass is 284 g/mol. The van der Waals surface area contributed by atoms with Gasteiger partial charge in [-0.05, 0) is 24.5 Å². The van der Waals surface area contributed by atoms with Gasteiger partial charge in [-0.25, -0.2) is 13.4 Å². The molecule has 1 heterocycles. The first-order valence-electron chi connectivity index (χ1n) is 6.32. The minimum atomic E-state index is -3.42. The van der Waals surface area contributed by atoms with Crippen molar-refractivity contribution in [1.29, 1.82) is 5.26 Å². The second-order valence-corrected chi connectivity index (χ2v) is 6.99. The van der Waals surface area contributed by atoms with Crippen molar-refractivity contribution < 1.29 is 8.42 Å². The molecule has 1 aliphatic carbocycles. The highest BCUT2D eigenvalue weighted by atomic mass is 32.2. The summed E-state index contributed by atoms with van der Waals surface area (Å²) in [7, 11) is -3.42. The van der Waals surface area contributed by atoms with E-state index in [9.17, 15) is 8.42 Å². The molecule has 1 fully saturated rings. The van der Waals surface area contributed by atoms with Gasteiger partial charge in [0, 0.05) is 11.8 Å². The number of rotatable bonds is 3. The second-order valence-electron chi connectivity index (χ2n) is 4.79. The fraction of sp³-hybridized carbons (Fsp3) is 0.200. The molecule has 100 valence electrons. The summed E-state index contributed by atoms with van der Waals surface area (Å²) in [6, 6.07) is 12.9. The Hall–Kier alpha value is -2.19. The summed E-state index contributed by atoms with van der Waals surface area (Å²) in [6.45, 7) is 0. The highest BCUT2D eigenvalue weighted by molar-refractivity contribution is 7.92. The molecule has 0 N–H and O–H groups in total. The van der Waals surface area contributed by atoms with Gasteiger partial charge in [-0.1, -0.05) is 30.3 Å². The lowest BCUT2D eigenvalue weighted by atomic mass is 10.1. The van der Waals surface area contributed by atoms with Crippen LogP contribution in [0.5, 0.6) is 0 Å². The molecule has 0 amide bonds. The van der Waals surface area contributed by atoms with Crippen LogP contribution in [0.2, 0.25) is 0 Å². The first-order chi connectivity index (χ1) is 9.63. The van der Waals surface area contributed by atoms with Crippen LogP contribution in [0.4, 0.5) is 0 Å². The van der Waals surface area contributed by atoms with E-state index in [1.807, 2.05) is 36.4 Å². The minimum Gasteiger partial charge on any atom is -0.244 e. The number of nitriles is 1. The average molecular weight is 284 g/mol. The molecule has 0 unspecified atom stereocenters. The van der Waals surface area contributed by atoms with Gasteiger partial charge < -0.3 is 0 Å². The number of nitrogens with zero attached hydrogens (tertiary/aromatic N) is 2. The lowest BCUT2D eigenvalue weighted by Gasteiger charge is -2.07. The molecule has 1 aliphatic rings. The zero-order valence-corrected chi connectivity index (χ0v) is 11.5. The number of benzene rings is 1. The standard InChI is InChI=1S/C15H12N2O2S/c16-9-14-15(20(18,19)13-6-7-13)8-12(10-17-14)11-4-2-1-3-5-11/h1-5,8,10,13H,6-7H2. The van der Waals surface area contributed by atoms with Gasteiger partial charge in [0.15, 0.2) is 15.5 Å². The normalized spacial score (nSPS) is 14.8. The van der Waals surface area contributed by atoms with E-state index in [0.29, 0.717) is 18.4 Å². The molecule has 3 rings (SSSR count). The van der Waals surface area contributed by atoms with Crippen molar-refractivity contribution in [2.45, 2.75) is 23.0 Å². The molecule has 0 radical (unpaired) electrons.